The lowest BCUT2D eigenvalue weighted by Gasteiger charge is -2.76. The standard InChI is InChI=1S/C52H55N/c1-48(2,3)35-16-13-33(14-17-35)34-15-20-40-41-21-18-38(29-44(41)52(43(40)27-34)46-26-32-25-36-28-47(52)51(36,46)31-32)53(37-11-9-8-10-12-37)39-19-22-42-45(30-39)50(6,7)24-23-49(42,4)5/h8-22,27,29-30,32,36,46-47H,23-26,28,31H2,1-7H3. The number of anilines is 3. The Balaban J connectivity index is 1.08. The summed E-state index contributed by atoms with van der Waals surface area (Å²) in [6, 6.07) is 43.2. The van der Waals surface area contributed by atoms with Crippen molar-refractivity contribution in [3.63, 3.8) is 0 Å². The van der Waals surface area contributed by atoms with Gasteiger partial charge >= 0.3 is 0 Å². The molecule has 6 atom stereocenters. The van der Waals surface area contributed by atoms with Crippen LogP contribution < -0.4 is 4.90 Å². The number of benzene rings is 5. The predicted molar refractivity (Wildman–Crippen MR) is 222 cm³/mol. The molecule has 0 aromatic heterocycles. The van der Waals surface area contributed by atoms with Crippen molar-refractivity contribution >= 4 is 17.1 Å². The molecule has 0 heterocycles. The Labute approximate surface area is 317 Å². The molecule has 2 bridgehead atoms. The maximum atomic E-state index is 2.67. The quantitative estimate of drug-likeness (QED) is 0.181. The van der Waals surface area contributed by atoms with Crippen LogP contribution in [-0.2, 0) is 21.7 Å². The van der Waals surface area contributed by atoms with E-state index in [0.717, 1.165) is 23.7 Å². The van der Waals surface area contributed by atoms with Gasteiger partial charge in [-0.3, -0.25) is 0 Å². The maximum absolute atomic E-state index is 2.67. The van der Waals surface area contributed by atoms with Gasteiger partial charge in [0.2, 0.25) is 0 Å². The van der Waals surface area contributed by atoms with Crippen LogP contribution in [0.15, 0.2) is 109 Å². The van der Waals surface area contributed by atoms with E-state index in [2.05, 4.69) is 163 Å². The number of hydrogen-bond donors (Lipinski definition) is 0. The molecule has 4 fully saturated rings. The normalized spacial score (nSPS) is 30.2. The first kappa shape index (κ1) is 32.3. The predicted octanol–water partition coefficient (Wildman–Crippen LogP) is 13.8. The molecule has 0 N–H and O–H groups in total. The molecular formula is C52H55N. The lowest BCUT2D eigenvalue weighted by molar-refractivity contribution is -0.231. The van der Waals surface area contributed by atoms with Crippen molar-refractivity contribution < 1.29 is 0 Å². The van der Waals surface area contributed by atoms with Crippen LogP contribution in [0.25, 0.3) is 22.3 Å². The van der Waals surface area contributed by atoms with Crippen molar-refractivity contribution in [1.29, 1.82) is 0 Å². The summed E-state index contributed by atoms with van der Waals surface area (Å²) in [6.07, 6.45) is 8.27. The molecule has 5 aromatic carbocycles. The Morgan fingerprint density at radius 2 is 1.15 bits per heavy atom. The van der Waals surface area contributed by atoms with Crippen LogP contribution in [0, 0.1) is 29.1 Å². The fourth-order valence-corrected chi connectivity index (χ4v) is 13.6. The van der Waals surface area contributed by atoms with E-state index in [9.17, 15) is 0 Å². The van der Waals surface area contributed by atoms with E-state index in [0.29, 0.717) is 5.41 Å². The summed E-state index contributed by atoms with van der Waals surface area (Å²) < 4.78 is 0. The van der Waals surface area contributed by atoms with Crippen LogP contribution >= 0.6 is 0 Å². The van der Waals surface area contributed by atoms with E-state index in [1.165, 1.54) is 94.5 Å². The second-order valence-electron chi connectivity index (χ2n) is 20.5. The summed E-state index contributed by atoms with van der Waals surface area (Å²) in [5, 5.41) is 0. The minimum Gasteiger partial charge on any atom is -0.310 e. The number of nitrogens with zero attached hydrogens (tertiary/aromatic N) is 1. The van der Waals surface area contributed by atoms with E-state index in [4.69, 9.17) is 0 Å². The van der Waals surface area contributed by atoms with E-state index in [-0.39, 0.29) is 21.7 Å². The molecule has 6 aliphatic carbocycles. The molecule has 11 rings (SSSR count). The first-order chi connectivity index (χ1) is 25.3. The average Bonchev–Trinajstić information content (AvgIpc) is 3.77. The maximum Gasteiger partial charge on any atom is 0.0465 e. The zero-order valence-corrected chi connectivity index (χ0v) is 32.9. The van der Waals surface area contributed by atoms with Crippen molar-refractivity contribution in [3.8, 4) is 22.3 Å². The molecule has 4 saturated carbocycles. The smallest absolute Gasteiger partial charge is 0.0465 e. The van der Waals surface area contributed by atoms with Crippen LogP contribution in [0.3, 0.4) is 0 Å². The van der Waals surface area contributed by atoms with Crippen LogP contribution in [0.2, 0.25) is 0 Å². The topological polar surface area (TPSA) is 3.24 Å². The zero-order chi connectivity index (χ0) is 36.3. The molecule has 0 saturated heterocycles. The molecule has 1 heteroatoms. The van der Waals surface area contributed by atoms with Crippen molar-refractivity contribution in [1.82, 2.24) is 0 Å². The highest BCUT2D eigenvalue weighted by Crippen LogP contribution is 2.89. The van der Waals surface area contributed by atoms with E-state index >= 15 is 0 Å². The zero-order valence-electron chi connectivity index (χ0n) is 32.9. The molecule has 53 heavy (non-hydrogen) atoms. The minimum absolute atomic E-state index is 0.123. The molecule has 0 aliphatic heterocycles. The molecular weight excluding hydrogens is 639 g/mol. The molecule has 268 valence electrons. The van der Waals surface area contributed by atoms with E-state index in [1.807, 2.05) is 0 Å². The van der Waals surface area contributed by atoms with E-state index in [1.54, 1.807) is 11.1 Å². The summed E-state index contributed by atoms with van der Waals surface area (Å²) in [7, 11) is 0. The monoisotopic (exact) mass is 693 g/mol. The van der Waals surface area contributed by atoms with Gasteiger partial charge in [-0.1, -0.05) is 115 Å². The van der Waals surface area contributed by atoms with Crippen LogP contribution in [0.5, 0.6) is 0 Å². The summed E-state index contributed by atoms with van der Waals surface area (Å²) in [6.45, 7) is 16.7. The van der Waals surface area contributed by atoms with E-state index < -0.39 is 0 Å². The highest BCUT2D eigenvalue weighted by Gasteiger charge is 2.84. The van der Waals surface area contributed by atoms with Crippen LogP contribution in [0.4, 0.5) is 17.1 Å². The third-order valence-electron chi connectivity index (χ3n) is 16.2. The molecule has 0 radical (unpaired) electrons. The van der Waals surface area contributed by atoms with Gasteiger partial charge in [-0.05, 0) is 176 Å². The number of fused-ring (bicyclic) bond motifs is 9. The average molecular weight is 694 g/mol. The first-order valence-corrected chi connectivity index (χ1v) is 20.7. The molecule has 1 nitrogen and oxygen atoms in total. The largest absolute Gasteiger partial charge is 0.310 e. The Morgan fingerprint density at radius 1 is 0.547 bits per heavy atom. The van der Waals surface area contributed by atoms with Crippen molar-refractivity contribution in [2.45, 2.75) is 109 Å². The Bertz CT molecular complexity index is 2320. The molecule has 6 aliphatic rings. The van der Waals surface area contributed by atoms with Gasteiger partial charge in [0.1, 0.15) is 0 Å². The summed E-state index contributed by atoms with van der Waals surface area (Å²) >= 11 is 0. The first-order valence-electron chi connectivity index (χ1n) is 20.7. The fourth-order valence-electron chi connectivity index (χ4n) is 13.6. The number of hydrogen-bond acceptors (Lipinski definition) is 1. The lowest BCUT2D eigenvalue weighted by atomic mass is 9.27. The fraction of sp³-hybridized carbons (Fsp3) is 0.423. The van der Waals surface area contributed by atoms with Crippen LogP contribution in [0.1, 0.15) is 115 Å². The molecule has 0 amide bonds. The van der Waals surface area contributed by atoms with Gasteiger partial charge < -0.3 is 4.90 Å². The molecule has 6 unspecified atom stereocenters. The van der Waals surface area contributed by atoms with Gasteiger partial charge in [0.25, 0.3) is 0 Å². The number of rotatable bonds is 4. The lowest BCUT2D eigenvalue weighted by Crippen LogP contribution is -2.73. The third-order valence-corrected chi connectivity index (χ3v) is 16.2. The SMILES string of the molecule is CC(C)(C)c1ccc(-c2ccc3c(c2)C2(c4cc(N(c5ccccc5)c5ccc6c(c5)C(C)(C)CCC6(C)C)ccc4-3)C3CC4CC5CC2C53C4)cc1. The van der Waals surface area contributed by atoms with Gasteiger partial charge in [0.15, 0.2) is 0 Å². The highest BCUT2D eigenvalue weighted by atomic mass is 15.1. The number of para-hydroxylation sites is 1. The highest BCUT2D eigenvalue weighted by molar-refractivity contribution is 5.89. The van der Waals surface area contributed by atoms with Gasteiger partial charge in [-0.2, -0.15) is 0 Å². The third kappa shape index (κ3) is 4.10. The summed E-state index contributed by atoms with van der Waals surface area (Å²) in [5.74, 6) is 3.43. The molecule has 5 aromatic rings. The summed E-state index contributed by atoms with van der Waals surface area (Å²) in [5.41, 5.74) is 18.4. The van der Waals surface area contributed by atoms with Gasteiger partial charge in [-0.25, -0.2) is 0 Å². The molecule has 2 spiro atoms. The van der Waals surface area contributed by atoms with Gasteiger partial charge in [-0.15, -0.1) is 0 Å². The van der Waals surface area contributed by atoms with Crippen molar-refractivity contribution in [3.05, 3.63) is 137 Å². The van der Waals surface area contributed by atoms with Crippen molar-refractivity contribution in [2.75, 3.05) is 4.90 Å². The Morgan fingerprint density at radius 3 is 1.85 bits per heavy atom. The minimum atomic E-state index is 0.123. The second kappa shape index (κ2) is 10.3. The Hall–Kier alpha value is -4.10. The van der Waals surface area contributed by atoms with Crippen molar-refractivity contribution in [2.24, 2.45) is 29.1 Å². The van der Waals surface area contributed by atoms with Crippen LogP contribution in [-0.4, -0.2) is 0 Å². The second-order valence-corrected chi connectivity index (χ2v) is 20.5. The summed E-state index contributed by atoms with van der Waals surface area (Å²) in [4.78, 5) is 2.57. The Kier molecular flexibility index (Phi) is 6.31. The van der Waals surface area contributed by atoms with Gasteiger partial charge in [0, 0.05) is 22.5 Å². The van der Waals surface area contributed by atoms with Gasteiger partial charge in [0.05, 0.1) is 0 Å².